The fourth-order valence-corrected chi connectivity index (χ4v) is 3.63. The summed E-state index contributed by atoms with van der Waals surface area (Å²) in [5, 5.41) is 0. The lowest BCUT2D eigenvalue weighted by molar-refractivity contribution is -0.286. The number of alkyl halides is 2. The summed E-state index contributed by atoms with van der Waals surface area (Å²) >= 11 is 0. The number of halogens is 2. The lowest BCUT2D eigenvalue weighted by Gasteiger charge is -2.16. The summed E-state index contributed by atoms with van der Waals surface area (Å²) in [7, 11) is 1.96. The van der Waals surface area contributed by atoms with E-state index in [-0.39, 0.29) is 23.5 Å². The topological polar surface area (TPSA) is 65.5 Å². The Balaban J connectivity index is 1.42. The minimum atomic E-state index is -3.58. The zero-order chi connectivity index (χ0) is 17.6. The molecule has 3 heterocycles. The van der Waals surface area contributed by atoms with Gasteiger partial charge in [0.05, 0.1) is 6.33 Å². The van der Waals surface area contributed by atoms with Gasteiger partial charge in [-0.3, -0.25) is 0 Å². The van der Waals surface area contributed by atoms with Gasteiger partial charge in [0, 0.05) is 50.5 Å². The maximum Gasteiger partial charge on any atom is 0.586 e. The van der Waals surface area contributed by atoms with E-state index in [9.17, 15) is 8.78 Å². The second kappa shape index (κ2) is 5.96. The van der Waals surface area contributed by atoms with Crippen molar-refractivity contribution >= 4 is 0 Å². The molecule has 0 bridgehead atoms. The van der Waals surface area contributed by atoms with Gasteiger partial charge in [0.25, 0.3) is 0 Å². The molecule has 0 amide bonds. The van der Waals surface area contributed by atoms with Crippen LogP contribution in [0.1, 0.15) is 17.2 Å². The van der Waals surface area contributed by atoms with Crippen molar-refractivity contribution in [3.05, 3.63) is 42.0 Å². The summed E-state index contributed by atoms with van der Waals surface area (Å²) in [5.74, 6) is 0.450. The SMILES string of the molecule is Cn1cncc1[C@@H]1CN(CCc2cccc3c2OC(F)(F)O3)C[C@H]1N. The predicted molar refractivity (Wildman–Crippen MR) is 86.7 cm³/mol. The van der Waals surface area contributed by atoms with Gasteiger partial charge in [-0.2, -0.15) is 0 Å². The molecule has 1 fully saturated rings. The number of likely N-dealkylation sites (tertiary alicyclic amines) is 1. The van der Waals surface area contributed by atoms with Crippen molar-refractivity contribution in [1.82, 2.24) is 14.5 Å². The van der Waals surface area contributed by atoms with Crippen LogP contribution in [0.4, 0.5) is 8.78 Å². The second-order valence-corrected chi connectivity index (χ2v) is 6.62. The van der Waals surface area contributed by atoms with Crippen LogP contribution in [-0.2, 0) is 13.5 Å². The number of benzene rings is 1. The number of para-hydroxylation sites is 1. The highest BCUT2D eigenvalue weighted by Gasteiger charge is 2.44. The first-order chi connectivity index (χ1) is 11.9. The van der Waals surface area contributed by atoms with E-state index < -0.39 is 6.29 Å². The van der Waals surface area contributed by atoms with E-state index >= 15 is 0 Å². The second-order valence-electron chi connectivity index (χ2n) is 6.62. The number of imidazole rings is 1. The van der Waals surface area contributed by atoms with Gasteiger partial charge in [0.15, 0.2) is 11.5 Å². The molecule has 1 saturated heterocycles. The molecule has 1 aromatic heterocycles. The highest BCUT2D eigenvalue weighted by atomic mass is 19.3. The first-order valence-electron chi connectivity index (χ1n) is 8.25. The van der Waals surface area contributed by atoms with Crippen molar-refractivity contribution in [2.45, 2.75) is 24.7 Å². The number of ether oxygens (including phenoxy) is 2. The number of hydrogen-bond acceptors (Lipinski definition) is 5. The van der Waals surface area contributed by atoms with E-state index in [2.05, 4.69) is 19.4 Å². The molecule has 2 atom stereocenters. The molecule has 6 nitrogen and oxygen atoms in total. The zero-order valence-corrected chi connectivity index (χ0v) is 13.9. The average Bonchev–Trinajstić information content (AvgIpc) is 3.20. The average molecular weight is 350 g/mol. The first kappa shape index (κ1) is 16.3. The Morgan fingerprint density at radius 1 is 1.32 bits per heavy atom. The molecule has 8 heteroatoms. The van der Waals surface area contributed by atoms with Gasteiger partial charge in [0.1, 0.15) is 0 Å². The summed E-state index contributed by atoms with van der Waals surface area (Å²) in [6.45, 7) is 2.30. The summed E-state index contributed by atoms with van der Waals surface area (Å²) in [6, 6.07) is 5.01. The van der Waals surface area contributed by atoms with Crippen molar-refractivity contribution in [3.8, 4) is 11.5 Å². The van der Waals surface area contributed by atoms with E-state index in [1.807, 2.05) is 17.8 Å². The molecule has 25 heavy (non-hydrogen) atoms. The Morgan fingerprint density at radius 3 is 2.92 bits per heavy atom. The minimum absolute atomic E-state index is 0.0285. The summed E-state index contributed by atoms with van der Waals surface area (Å²) in [4.78, 5) is 6.41. The van der Waals surface area contributed by atoms with Crippen molar-refractivity contribution in [2.24, 2.45) is 12.8 Å². The van der Waals surface area contributed by atoms with E-state index in [4.69, 9.17) is 5.73 Å². The van der Waals surface area contributed by atoms with Crippen LogP contribution >= 0.6 is 0 Å². The Morgan fingerprint density at radius 2 is 2.16 bits per heavy atom. The minimum Gasteiger partial charge on any atom is -0.395 e. The first-order valence-corrected chi connectivity index (χ1v) is 8.25. The molecular weight excluding hydrogens is 330 g/mol. The van der Waals surface area contributed by atoms with Gasteiger partial charge >= 0.3 is 6.29 Å². The Bertz CT molecular complexity index is 780. The van der Waals surface area contributed by atoms with Crippen LogP contribution in [0.3, 0.4) is 0 Å². The van der Waals surface area contributed by atoms with Crippen LogP contribution in [0, 0.1) is 0 Å². The van der Waals surface area contributed by atoms with E-state index in [1.54, 1.807) is 18.5 Å². The smallest absolute Gasteiger partial charge is 0.395 e. The monoisotopic (exact) mass is 350 g/mol. The molecule has 2 aliphatic rings. The fourth-order valence-electron chi connectivity index (χ4n) is 3.63. The van der Waals surface area contributed by atoms with Crippen LogP contribution in [0.25, 0.3) is 0 Å². The quantitative estimate of drug-likeness (QED) is 0.909. The number of rotatable bonds is 4. The van der Waals surface area contributed by atoms with Crippen LogP contribution in [0.5, 0.6) is 11.5 Å². The lowest BCUT2D eigenvalue weighted by Crippen LogP contribution is -2.30. The highest BCUT2D eigenvalue weighted by Crippen LogP contribution is 2.43. The summed E-state index contributed by atoms with van der Waals surface area (Å²) in [5.41, 5.74) is 8.13. The number of aryl methyl sites for hydroxylation is 1. The normalized spacial score (nSPS) is 24.8. The van der Waals surface area contributed by atoms with Crippen LogP contribution in [0.15, 0.2) is 30.7 Å². The molecule has 4 rings (SSSR count). The predicted octanol–water partition coefficient (Wildman–Crippen LogP) is 1.71. The van der Waals surface area contributed by atoms with E-state index in [0.717, 1.165) is 18.8 Å². The molecule has 2 aromatic rings. The van der Waals surface area contributed by atoms with Crippen LogP contribution in [-0.4, -0.2) is 46.4 Å². The van der Waals surface area contributed by atoms with E-state index in [1.165, 1.54) is 6.07 Å². The molecule has 1 aromatic carbocycles. The molecular formula is C17H20F2N4O2. The van der Waals surface area contributed by atoms with Crippen molar-refractivity contribution in [2.75, 3.05) is 19.6 Å². The van der Waals surface area contributed by atoms with Gasteiger partial charge in [-0.1, -0.05) is 12.1 Å². The summed E-state index contributed by atoms with van der Waals surface area (Å²) < 4.78 is 37.7. The zero-order valence-electron chi connectivity index (χ0n) is 13.9. The standard InChI is InChI=1S/C17H20F2N4O2/c1-22-10-21-7-14(22)12-8-23(9-13(12)20)6-5-11-3-2-4-15-16(11)25-17(18,19)24-15/h2-4,7,10,12-13H,5-6,8-9,20H2,1H3/t12-,13-/m1/s1. The number of aromatic nitrogens is 2. The number of nitrogens with zero attached hydrogens (tertiary/aromatic N) is 3. The molecule has 2 N–H and O–H groups in total. The van der Waals surface area contributed by atoms with E-state index in [0.29, 0.717) is 18.5 Å². The highest BCUT2D eigenvalue weighted by molar-refractivity contribution is 5.48. The van der Waals surface area contributed by atoms with Crippen LogP contribution in [0.2, 0.25) is 0 Å². The lowest BCUT2D eigenvalue weighted by atomic mass is 10.0. The third-order valence-corrected chi connectivity index (χ3v) is 4.88. The van der Waals surface area contributed by atoms with Gasteiger partial charge in [-0.05, 0) is 18.1 Å². The molecule has 0 unspecified atom stereocenters. The van der Waals surface area contributed by atoms with Gasteiger partial charge in [-0.15, -0.1) is 8.78 Å². The Labute approximate surface area is 144 Å². The molecule has 134 valence electrons. The third kappa shape index (κ3) is 3.07. The Kier molecular flexibility index (Phi) is 3.88. The number of fused-ring (bicyclic) bond motifs is 1. The molecule has 2 aliphatic heterocycles. The number of nitrogens with two attached hydrogens (primary N) is 1. The maximum atomic E-state index is 13.3. The molecule has 0 spiro atoms. The van der Waals surface area contributed by atoms with Crippen molar-refractivity contribution in [3.63, 3.8) is 0 Å². The van der Waals surface area contributed by atoms with Crippen LogP contribution < -0.4 is 15.2 Å². The number of hydrogen-bond donors (Lipinski definition) is 1. The van der Waals surface area contributed by atoms with Gasteiger partial charge < -0.3 is 24.7 Å². The third-order valence-electron chi connectivity index (χ3n) is 4.88. The van der Waals surface area contributed by atoms with Crippen molar-refractivity contribution in [1.29, 1.82) is 0 Å². The Hall–Kier alpha value is -2.19. The summed E-state index contributed by atoms with van der Waals surface area (Å²) in [6.07, 6.45) is 0.632. The molecule has 0 saturated carbocycles. The van der Waals surface area contributed by atoms with Gasteiger partial charge in [0.2, 0.25) is 0 Å². The molecule has 0 radical (unpaired) electrons. The maximum absolute atomic E-state index is 13.3. The fraction of sp³-hybridized carbons (Fsp3) is 0.471. The van der Waals surface area contributed by atoms with Gasteiger partial charge in [-0.25, -0.2) is 4.98 Å². The molecule has 0 aliphatic carbocycles. The van der Waals surface area contributed by atoms with Crippen molar-refractivity contribution < 1.29 is 18.3 Å². The largest absolute Gasteiger partial charge is 0.586 e.